The third kappa shape index (κ3) is 9.10. The molecule has 264 valence electrons. The Morgan fingerprint density at radius 1 is 0.820 bits per heavy atom. The fourth-order valence-electron chi connectivity index (χ4n) is 6.16. The van der Waals surface area contributed by atoms with Gasteiger partial charge in [-0.1, -0.05) is 91.0 Å². The van der Waals surface area contributed by atoms with Crippen LogP contribution in [0.15, 0.2) is 102 Å². The van der Waals surface area contributed by atoms with E-state index in [1.807, 2.05) is 30.3 Å². The minimum Gasteiger partial charge on any atom is -0.497 e. The van der Waals surface area contributed by atoms with Gasteiger partial charge in [0.1, 0.15) is 24.1 Å². The minimum atomic E-state index is -4.34. The Bertz CT molecular complexity index is 1870. The monoisotopic (exact) mass is 737 g/mol. The van der Waals surface area contributed by atoms with Crippen molar-refractivity contribution in [2.45, 2.75) is 62.0 Å². The summed E-state index contributed by atoms with van der Waals surface area (Å²) in [5, 5.41) is 3.84. The Labute approximate surface area is 304 Å². The van der Waals surface area contributed by atoms with E-state index in [1.165, 1.54) is 43.4 Å². The average Bonchev–Trinajstić information content (AvgIpc) is 3.14. The van der Waals surface area contributed by atoms with Crippen LogP contribution < -0.4 is 19.1 Å². The zero-order valence-electron chi connectivity index (χ0n) is 28.1. The second kappa shape index (κ2) is 17.1. The van der Waals surface area contributed by atoms with Crippen LogP contribution in [0.4, 0.5) is 5.69 Å². The number of amides is 2. The summed E-state index contributed by atoms with van der Waals surface area (Å²) in [5.41, 5.74) is 1.63. The molecule has 0 aliphatic heterocycles. The number of hydrogen-bond acceptors (Lipinski definition) is 6. The molecule has 0 radical (unpaired) electrons. The third-order valence-corrected chi connectivity index (χ3v) is 11.4. The first-order valence-corrected chi connectivity index (χ1v) is 18.7. The lowest BCUT2D eigenvalue weighted by Crippen LogP contribution is -2.55. The molecule has 4 aromatic rings. The first kappa shape index (κ1) is 37.0. The normalized spacial score (nSPS) is 14.0. The lowest BCUT2D eigenvalue weighted by molar-refractivity contribution is -0.140. The molecule has 4 aromatic carbocycles. The molecule has 1 aliphatic rings. The highest BCUT2D eigenvalue weighted by Gasteiger charge is 2.36. The molecule has 1 N–H and O–H groups in total. The van der Waals surface area contributed by atoms with Crippen LogP contribution >= 0.6 is 23.2 Å². The van der Waals surface area contributed by atoms with Gasteiger partial charge in [0.2, 0.25) is 11.8 Å². The Hall–Kier alpha value is -4.25. The van der Waals surface area contributed by atoms with E-state index in [2.05, 4.69) is 5.32 Å². The van der Waals surface area contributed by atoms with Gasteiger partial charge >= 0.3 is 0 Å². The maximum absolute atomic E-state index is 14.8. The number of nitrogens with zero attached hydrogens (tertiary/aromatic N) is 2. The van der Waals surface area contributed by atoms with E-state index in [9.17, 15) is 18.0 Å². The fourth-order valence-corrected chi connectivity index (χ4v) is 7.90. The fraction of sp³-hybridized carbons (Fsp3) is 0.316. The molecule has 0 saturated heterocycles. The summed E-state index contributed by atoms with van der Waals surface area (Å²) < 4.78 is 40.6. The largest absolute Gasteiger partial charge is 0.497 e. The van der Waals surface area contributed by atoms with E-state index in [0.717, 1.165) is 42.0 Å². The smallest absolute Gasteiger partial charge is 0.264 e. The SMILES string of the molecule is COc1ccc(S(=O)(=O)N(CC(=O)N(Cc2ccc(Cl)c(Cl)c2)[C@H](Cc2ccccc2)C(=O)NC2CCCCC2)c2ccccc2OC)cc1. The minimum absolute atomic E-state index is 0.0167. The summed E-state index contributed by atoms with van der Waals surface area (Å²) in [7, 11) is -1.42. The molecule has 2 amide bonds. The number of ether oxygens (including phenoxy) is 2. The van der Waals surface area contributed by atoms with Crippen LogP contribution in [-0.2, 0) is 32.6 Å². The van der Waals surface area contributed by atoms with Gasteiger partial charge in [-0.25, -0.2) is 8.42 Å². The lowest BCUT2D eigenvalue weighted by Gasteiger charge is -2.35. The molecule has 5 rings (SSSR count). The van der Waals surface area contributed by atoms with Gasteiger partial charge in [-0.2, -0.15) is 0 Å². The summed E-state index contributed by atoms with van der Waals surface area (Å²) in [5.74, 6) is -0.177. The van der Waals surface area contributed by atoms with Crippen molar-refractivity contribution in [3.8, 4) is 11.5 Å². The summed E-state index contributed by atoms with van der Waals surface area (Å²) in [4.78, 5) is 30.5. The van der Waals surface area contributed by atoms with E-state index in [1.54, 1.807) is 42.5 Å². The van der Waals surface area contributed by atoms with Gasteiger partial charge in [0.05, 0.1) is 34.8 Å². The third-order valence-electron chi connectivity index (χ3n) is 8.84. The molecule has 0 bridgehead atoms. The highest BCUT2D eigenvalue weighted by atomic mass is 35.5. The highest BCUT2D eigenvalue weighted by Crippen LogP contribution is 2.33. The first-order valence-electron chi connectivity index (χ1n) is 16.5. The second-order valence-corrected chi connectivity index (χ2v) is 14.9. The summed E-state index contributed by atoms with van der Waals surface area (Å²) >= 11 is 12.6. The Balaban J connectivity index is 1.59. The van der Waals surface area contributed by atoms with Crippen molar-refractivity contribution in [3.63, 3.8) is 0 Å². The van der Waals surface area contributed by atoms with Gasteiger partial charge in [0, 0.05) is 19.0 Å². The van der Waals surface area contributed by atoms with Crippen LogP contribution in [0.5, 0.6) is 11.5 Å². The second-order valence-electron chi connectivity index (χ2n) is 12.2. The number of para-hydroxylation sites is 2. The molecule has 1 atom stereocenters. The standard InChI is InChI=1S/C38H41Cl2N3O6S/c1-48-30-18-20-31(21-19-30)50(46,47)43(34-15-9-10-16-36(34)49-2)26-37(44)42(25-28-17-22-32(39)33(40)23-28)35(24-27-11-5-3-6-12-27)38(45)41-29-13-7-4-8-14-29/h3,5-6,9-12,15-23,29,35H,4,7-8,13-14,24-26H2,1-2H3,(H,41,45)/t35-/m1/s1. The van der Waals surface area contributed by atoms with Gasteiger partial charge < -0.3 is 19.7 Å². The maximum atomic E-state index is 14.8. The maximum Gasteiger partial charge on any atom is 0.264 e. The van der Waals surface area contributed by atoms with Crippen LogP contribution in [0.1, 0.15) is 43.2 Å². The molecule has 1 fully saturated rings. The summed E-state index contributed by atoms with van der Waals surface area (Å²) in [6.45, 7) is -0.661. The molecule has 9 nitrogen and oxygen atoms in total. The van der Waals surface area contributed by atoms with E-state index in [0.29, 0.717) is 21.4 Å². The summed E-state index contributed by atoms with van der Waals surface area (Å²) in [6, 6.07) is 26.0. The molecule has 12 heteroatoms. The van der Waals surface area contributed by atoms with Crippen molar-refractivity contribution in [1.29, 1.82) is 0 Å². The van der Waals surface area contributed by atoms with Gasteiger partial charge in [0.25, 0.3) is 10.0 Å². The zero-order valence-corrected chi connectivity index (χ0v) is 30.4. The van der Waals surface area contributed by atoms with E-state index < -0.39 is 28.5 Å². The number of halogens is 2. The molecule has 0 spiro atoms. The number of benzene rings is 4. The molecule has 50 heavy (non-hydrogen) atoms. The van der Waals surface area contributed by atoms with Gasteiger partial charge in [-0.15, -0.1) is 0 Å². The van der Waals surface area contributed by atoms with Crippen molar-refractivity contribution in [2.24, 2.45) is 0 Å². The van der Waals surface area contributed by atoms with Crippen LogP contribution in [0.2, 0.25) is 10.0 Å². The van der Waals surface area contributed by atoms with Crippen molar-refractivity contribution < 1.29 is 27.5 Å². The highest BCUT2D eigenvalue weighted by molar-refractivity contribution is 7.92. The number of nitrogens with one attached hydrogen (secondary N) is 1. The quantitative estimate of drug-likeness (QED) is 0.146. The van der Waals surface area contributed by atoms with E-state index in [-0.39, 0.29) is 41.2 Å². The van der Waals surface area contributed by atoms with Crippen molar-refractivity contribution in [3.05, 3.63) is 118 Å². The molecular weight excluding hydrogens is 697 g/mol. The first-order chi connectivity index (χ1) is 24.1. The Morgan fingerprint density at radius 3 is 2.16 bits per heavy atom. The molecule has 0 heterocycles. The average molecular weight is 739 g/mol. The number of rotatable bonds is 14. The molecule has 1 saturated carbocycles. The number of carbonyl (C=O) groups excluding carboxylic acids is 2. The predicted octanol–water partition coefficient (Wildman–Crippen LogP) is 7.29. The topological polar surface area (TPSA) is 105 Å². The van der Waals surface area contributed by atoms with Gasteiger partial charge in [-0.3, -0.25) is 13.9 Å². The van der Waals surface area contributed by atoms with Crippen molar-refractivity contribution in [1.82, 2.24) is 10.2 Å². The Morgan fingerprint density at radius 2 is 1.50 bits per heavy atom. The molecule has 0 aromatic heterocycles. The number of carbonyl (C=O) groups is 2. The van der Waals surface area contributed by atoms with Crippen LogP contribution in [0.3, 0.4) is 0 Å². The number of anilines is 1. The molecule has 0 unspecified atom stereocenters. The van der Waals surface area contributed by atoms with Gasteiger partial charge in [-0.05, 0) is 72.5 Å². The van der Waals surface area contributed by atoms with E-state index >= 15 is 0 Å². The molecular formula is C38H41Cl2N3O6S. The van der Waals surface area contributed by atoms with Crippen LogP contribution in [0.25, 0.3) is 0 Å². The van der Waals surface area contributed by atoms with Crippen molar-refractivity contribution >= 4 is 50.7 Å². The van der Waals surface area contributed by atoms with Gasteiger partial charge in [0.15, 0.2) is 0 Å². The summed E-state index contributed by atoms with van der Waals surface area (Å²) in [6.07, 6.45) is 5.04. The number of hydrogen-bond donors (Lipinski definition) is 1. The predicted molar refractivity (Wildman–Crippen MR) is 196 cm³/mol. The van der Waals surface area contributed by atoms with E-state index in [4.69, 9.17) is 32.7 Å². The Kier molecular flexibility index (Phi) is 12.7. The van der Waals surface area contributed by atoms with Crippen LogP contribution in [0, 0.1) is 0 Å². The van der Waals surface area contributed by atoms with Crippen molar-refractivity contribution in [2.75, 3.05) is 25.1 Å². The number of methoxy groups -OCH3 is 2. The molecule has 1 aliphatic carbocycles. The number of sulfonamides is 1. The zero-order chi connectivity index (χ0) is 35.7. The lowest BCUT2D eigenvalue weighted by atomic mass is 9.94. The van der Waals surface area contributed by atoms with Crippen LogP contribution in [-0.4, -0.2) is 58.0 Å².